The van der Waals surface area contributed by atoms with Crippen LogP contribution in [-0.4, -0.2) is 17.8 Å². The maximum Gasteiger partial charge on any atom is 0.353 e. The quantitative estimate of drug-likeness (QED) is 0.367. The first-order chi connectivity index (χ1) is 12.1. The van der Waals surface area contributed by atoms with Gasteiger partial charge in [-0.1, -0.05) is 18.2 Å². The van der Waals surface area contributed by atoms with E-state index in [0.717, 1.165) is 0 Å². The van der Waals surface area contributed by atoms with Crippen molar-refractivity contribution in [2.45, 2.75) is 12.8 Å². The molecule has 126 valence electrons. The molecule has 1 aromatic carbocycles. The number of carbonyl (C=O) groups excluding carboxylic acids is 3. The predicted molar refractivity (Wildman–Crippen MR) is 93.6 cm³/mol. The topological polar surface area (TPSA) is 63.7 Å². The van der Waals surface area contributed by atoms with Crippen LogP contribution in [0.1, 0.15) is 22.5 Å². The van der Waals surface area contributed by atoms with Crippen LogP contribution in [0.2, 0.25) is 0 Å². The van der Waals surface area contributed by atoms with Crippen LogP contribution in [0.25, 0.3) is 0 Å². The van der Waals surface area contributed by atoms with Gasteiger partial charge >= 0.3 is 5.97 Å². The van der Waals surface area contributed by atoms with Crippen molar-refractivity contribution in [1.29, 1.82) is 0 Å². The molecule has 2 heterocycles. The Balaban J connectivity index is 1.51. The molecule has 25 heavy (non-hydrogen) atoms. The number of hydrogen-bond acceptors (Lipinski definition) is 5. The Labute approximate surface area is 148 Å². The van der Waals surface area contributed by atoms with E-state index < -0.39 is 5.97 Å². The Bertz CT molecular complexity index is 828. The van der Waals surface area contributed by atoms with Gasteiger partial charge in [0.05, 0.1) is 17.5 Å². The number of esters is 1. The molecule has 0 unspecified atom stereocenters. The van der Waals surface area contributed by atoms with E-state index in [4.69, 9.17) is 4.74 Å². The molecule has 2 aromatic rings. The molecule has 1 aromatic heterocycles. The minimum absolute atomic E-state index is 0.150. The number of nitrogens with zero attached hydrogens (tertiary/aromatic N) is 1. The Morgan fingerprint density at radius 2 is 1.64 bits per heavy atom. The second kappa shape index (κ2) is 6.29. The zero-order valence-corrected chi connectivity index (χ0v) is 14.1. The lowest BCUT2D eigenvalue weighted by Gasteiger charge is -2.15. The summed E-state index contributed by atoms with van der Waals surface area (Å²) >= 11 is 1.31. The summed E-state index contributed by atoms with van der Waals surface area (Å²) in [4.78, 5) is 38.8. The zero-order valence-electron chi connectivity index (χ0n) is 13.3. The van der Waals surface area contributed by atoms with Crippen molar-refractivity contribution in [2.24, 2.45) is 11.8 Å². The Hall–Kier alpha value is -2.73. The molecule has 0 bridgehead atoms. The van der Waals surface area contributed by atoms with E-state index in [9.17, 15) is 14.4 Å². The SMILES string of the molecule is O=C(Oc1ccc(N2C(=O)[C@@H]3CC=CC[C@H]3C2=O)cc1)c1cccs1. The lowest BCUT2D eigenvalue weighted by atomic mass is 9.85. The summed E-state index contributed by atoms with van der Waals surface area (Å²) in [5.41, 5.74) is 0.514. The van der Waals surface area contributed by atoms with Crippen molar-refractivity contribution in [3.63, 3.8) is 0 Å². The fraction of sp³-hybridized carbons (Fsp3) is 0.211. The average Bonchev–Trinajstić information content (AvgIpc) is 3.25. The first-order valence-corrected chi connectivity index (χ1v) is 8.91. The molecule has 0 spiro atoms. The lowest BCUT2D eigenvalue weighted by Crippen LogP contribution is -2.30. The molecule has 0 saturated carbocycles. The highest BCUT2D eigenvalue weighted by molar-refractivity contribution is 7.12. The third-order valence-electron chi connectivity index (χ3n) is 4.54. The third kappa shape index (κ3) is 2.78. The van der Waals surface area contributed by atoms with Gasteiger partial charge in [-0.15, -0.1) is 11.3 Å². The molecule has 0 radical (unpaired) electrons. The standard InChI is InChI=1S/C19H15NO4S/c21-17-14-4-1-2-5-15(14)18(22)20(17)12-7-9-13(10-8-12)24-19(23)16-6-3-11-25-16/h1-3,6-11,14-15H,4-5H2/t14-,15-/m1/s1. The summed E-state index contributed by atoms with van der Waals surface area (Å²) < 4.78 is 5.30. The van der Waals surface area contributed by atoms with Gasteiger partial charge in [0.25, 0.3) is 0 Å². The molecule has 4 rings (SSSR count). The number of imide groups is 1. The van der Waals surface area contributed by atoms with E-state index in [1.807, 2.05) is 12.2 Å². The molecule has 2 amide bonds. The Morgan fingerprint density at radius 1 is 1.00 bits per heavy atom. The lowest BCUT2D eigenvalue weighted by molar-refractivity contribution is -0.122. The number of allylic oxidation sites excluding steroid dienone is 2. The second-order valence-corrected chi connectivity index (χ2v) is 6.98. The number of ether oxygens (including phenoxy) is 1. The number of hydrogen-bond donors (Lipinski definition) is 0. The summed E-state index contributed by atoms with van der Waals surface area (Å²) in [6.07, 6.45) is 5.15. The number of fused-ring (bicyclic) bond motifs is 1. The van der Waals surface area contributed by atoms with Gasteiger partial charge in [-0.25, -0.2) is 4.79 Å². The maximum atomic E-state index is 12.6. The fourth-order valence-electron chi connectivity index (χ4n) is 3.27. The molecule has 2 atom stereocenters. The van der Waals surface area contributed by atoms with E-state index in [0.29, 0.717) is 29.2 Å². The summed E-state index contributed by atoms with van der Waals surface area (Å²) in [5, 5.41) is 1.80. The number of anilines is 1. The summed E-state index contributed by atoms with van der Waals surface area (Å²) in [6.45, 7) is 0. The monoisotopic (exact) mass is 353 g/mol. The Kier molecular flexibility index (Phi) is 3.97. The highest BCUT2D eigenvalue weighted by Crippen LogP contribution is 2.38. The highest BCUT2D eigenvalue weighted by Gasteiger charge is 2.47. The van der Waals surface area contributed by atoms with E-state index in [-0.39, 0.29) is 23.7 Å². The molecular formula is C19H15NO4S. The van der Waals surface area contributed by atoms with E-state index in [2.05, 4.69) is 0 Å². The molecule has 0 N–H and O–H groups in total. The molecule has 1 aliphatic carbocycles. The number of benzene rings is 1. The summed E-state index contributed by atoms with van der Waals surface area (Å²) in [5.74, 6) is -0.860. The number of rotatable bonds is 3. The molecular weight excluding hydrogens is 338 g/mol. The van der Waals surface area contributed by atoms with Crippen LogP contribution in [0.3, 0.4) is 0 Å². The van der Waals surface area contributed by atoms with Gasteiger partial charge in [0.1, 0.15) is 10.6 Å². The van der Waals surface area contributed by atoms with Crippen LogP contribution in [0.4, 0.5) is 5.69 Å². The Morgan fingerprint density at radius 3 is 2.20 bits per heavy atom. The fourth-order valence-corrected chi connectivity index (χ4v) is 3.87. The second-order valence-electron chi connectivity index (χ2n) is 6.03. The van der Waals surface area contributed by atoms with Crippen molar-refractivity contribution in [1.82, 2.24) is 0 Å². The van der Waals surface area contributed by atoms with Crippen molar-refractivity contribution < 1.29 is 19.1 Å². The normalized spacial score (nSPS) is 22.2. The van der Waals surface area contributed by atoms with Crippen LogP contribution >= 0.6 is 11.3 Å². The molecule has 2 aliphatic rings. The highest BCUT2D eigenvalue weighted by atomic mass is 32.1. The predicted octanol–water partition coefficient (Wildman–Crippen LogP) is 3.42. The van der Waals surface area contributed by atoms with Crippen molar-refractivity contribution in [2.75, 3.05) is 4.90 Å². The zero-order chi connectivity index (χ0) is 17.4. The van der Waals surface area contributed by atoms with E-state index in [1.165, 1.54) is 16.2 Å². The number of thiophene rings is 1. The molecule has 6 heteroatoms. The van der Waals surface area contributed by atoms with Gasteiger partial charge in [0.2, 0.25) is 11.8 Å². The van der Waals surface area contributed by atoms with Crippen molar-refractivity contribution >= 4 is 34.8 Å². The number of amides is 2. The van der Waals surface area contributed by atoms with Crippen LogP contribution in [-0.2, 0) is 9.59 Å². The van der Waals surface area contributed by atoms with Crippen LogP contribution in [0.15, 0.2) is 53.9 Å². The third-order valence-corrected chi connectivity index (χ3v) is 5.39. The molecule has 1 fully saturated rings. The first-order valence-electron chi connectivity index (χ1n) is 8.03. The van der Waals surface area contributed by atoms with Gasteiger partial charge in [-0.3, -0.25) is 14.5 Å². The maximum absolute atomic E-state index is 12.6. The van der Waals surface area contributed by atoms with Gasteiger partial charge in [0, 0.05) is 0 Å². The van der Waals surface area contributed by atoms with Crippen LogP contribution < -0.4 is 9.64 Å². The molecule has 1 aliphatic heterocycles. The van der Waals surface area contributed by atoms with Crippen LogP contribution in [0.5, 0.6) is 5.75 Å². The van der Waals surface area contributed by atoms with Gasteiger partial charge in [-0.05, 0) is 48.6 Å². The largest absolute Gasteiger partial charge is 0.422 e. The van der Waals surface area contributed by atoms with Gasteiger partial charge in [0.15, 0.2) is 0 Å². The summed E-state index contributed by atoms with van der Waals surface area (Å²) in [6, 6.07) is 9.94. The summed E-state index contributed by atoms with van der Waals surface area (Å²) in [7, 11) is 0. The van der Waals surface area contributed by atoms with E-state index >= 15 is 0 Å². The average molecular weight is 353 g/mol. The first kappa shape index (κ1) is 15.8. The van der Waals surface area contributed by atoms with Gasteiger partial charge < -0.3 is 4.74 Å². The minimum Gasteiger partial charge on any atom is -0.422 e. The van der Waals surface area contributed by atoms with E-state index in [1.54, 1.807) is 41.8 Å². The van der Waals surface area contributed by atoms with Crippen LogP contribution in [0, 0.1) is 11.8 Å². The van der Waals surface area contributed by atoms with Crippen molar-refractivity contribution in [3.05, 3.63) is 58.8 Å². The van der Waals surface area contributed by atoms with Crippen molar-refractivity contribution in [3.8, 4) is 5.75 Å². The number of carbonyl (C=O) groups is 3. The molecule has 5 nitrogen and oxygen atoms in total. The van der Waals surface area contributed by atoms with Gasteiger partial charge in [-0.2, -0.15) is 0 Å². The molecule has 1 saturated heterocycles. The minimum atomic E-state index is -0.423. The smallest absolute Gasteiger partial charge is 0.353 e.